The highest BCUT2D eigenvalue weighted by atomic mass is 32.2. The van der Waals surface area contributed by atoms with Crippen LogP contribution in [0.15, 0.2) is 71.0 Å². The number of ether oxygens (including phenoxy) is 1. The molecule has 2 unspecified atom stereocenters. The molecule has 0 aliphatic carbocycles. The van der Waals surface area contributed by atoms with Crippen molar-refractivity contribution in [3.05, 3.63) is 87.3 Å². The summed E-state index contributed by atoms with van der Waals surface area (Å²) in [7, 11) is 0. The zero-order chi connectivity index (χ0) is 22.8. The Morgan fingerprint density at radius 2 is 1.94 bits per heavy atom. The van der Waals surface area contributed by atoms with E-state index in [-0.39, 0.29) is 29.7 Å². The normalized spacial score (nSPS) is 20.1. The second-order valence-electron chi connectivity index (χ2n) is 7.28. The van der Waals surface area contributed by atoms with Crippen LogP contribution in [0.5, 0.6) is 0 Å². The standard InChI is InChI=1S/C22H19N3O6S/c1-13(26)19(22(28)31-12-15-8-5-9-16(10-15)25(29)30)24-20(27)18-21(24)32-17(23-18)11-14-6-3-2-4-7-14/h2-10,18,21,26H,11-12H2,1H3/b19-13+. The van der Waals surface area contributed by atoms with E-state index < -0.39 is 22.3 Å². The van der Waals surface area contributed by atoms with Crippen molar-refractivity contribution in [3.63, 3.8) is 0 Å². The van der Waals surface area contributed by atoms with E-state index in [9.17, 15) is 24.8 Å². The Hall–Kier alpha value is -3.66. The monoisotopic (exact) mass is 453 g/mol. The molecular formula is C22H19N3O6S. The average molecular weight is 453 g/mol. The fourth-order valence-electron chi connectivity index (χ4n) is 3.50. The lowest BCUT2D eigenvalue weighted by atomic mass is 10.1. The first-order valence-electron chi connectivity index (χ1n) is 9.76. The number of nitro benzene ring substituents is 1. The fourth-order valence-corrected chi connectivity index (χ4v) is 4.83. The molecule has 0 saturated carbocycles. The molecule has 1 fully saturated rings. The summed E-state index contributed by atoms with van der Waals surface area (Å²) in [6.45, 7) is 1.06. The number of aliphatic hydroxyl groups excluding tert-OH is 1. The first-order valence-corrected chi connectivity index (χ1v) is 10.6. The summed E-state index contributed by atoms with van der Waals surface area (Å²) in [5.41, 5.74) is 1.10. The number of hydrogen-bond acceptors (Lipinski definition) is 8. The Morgan fingerprint density at radius 3 is 2.62 bits per heavy atom. The molecule has 9 nitrogen and oxygen atoms in total. The van der Waals surface area contributed by atoms with E-state index in [4.69, 9.17) is 4.74 Å². The van der Waals surface area contributed by atoms with E-state index in [2.05, 4.69) is 4.99 Å². The van der Waals surface area contributed by atoms with Crippen molar-refractivity contribution in [2.45, 2.75) is 31.4 Å². The Bertz CT molecular complexity index is 1140. The van der Waals surface area contributed by atoms with Crippen LogP contribution < -0.4 is 0 Å². The lowest BCUT2D eigenvalue weighted by molar-refractivity contribution is -0.384. The maximum Gasteiger partial charge on any atom is 0.358 e. The van der Waals surface area contributed by atoms with Gasteiger partial charge in [0.25, 0.3) is 11.6 Å². The molecule has 2 aliphatic rings. The van der Waals surface area contributed by atoms with Gasteiger partial charge in [0.15, 0.2) is 11.7 Å². The van der Waals surface area contributed by atoms with Gasteiger partial charge < -0.3 is 9.84 Å². The number of likely N-dealkylation sites (tertiary alicyclic amines) is 1. The smallest absolute Gasteiger partial charge is 0.358 e. The third kappa shape index (κ3) is 4.22. The molecule has 2 atom stereocenters. The first kappa shape index (κ1) is 21.6. The summed E-state index contributed by atoms with van der Waals surface area (Å²) < 4.78 is 5.24. The maximum absolute atomic E-state index is 12.7. The number of rotatable bonds is 7. The molecule has 2 aromatic carbocycles. The predicted octanol–water partition coefficient (Wildman–Crippen LogP) is 3.35. The maximum atomic E-state index is 12.7. The minimum Gasteiger partial charge on any atom is -0.510 e. The number of aliphatic imine (C=N–C) groups is 1. The highest BCUT2D eigenvalue weighted by molar-refractivity contribution is 8.14. The van der Waals surface area contributed by atoms with Gasteiger partial charge in [-0.1, -0.05) is 54.2 Å². The summed E-state index contributed by atoms with van der Waals surface area (Å²) in [5, 5.41) is 21.4. The van der Waals surface area contributed by atoms with Crippen molar-refractivity contribution in [1.29, 1.82) is 0 Å². The molecule has 4 rings (SSSR count). The number of fused-ring (bicyclic) bond motifs is 1. The number of amides is 1. The van der Waals surface area contributed by atoms with Crippen molar-refractivity contribution in [2.24, 2.45) is 4.99 Å². The summed E-state index contributed by atoms with van der Waals surface area (Å²) in [6.07, 6.45) is 0.577. The zero-order valence-corrected chi connectivity index (χ0v) is 17.8. The number of nitro groups is 1. The van der Waals surface area contributed by atoms with Crippen molar-refractivity contribution in [3.8, 4) is 0 Å². The number of carbonyl (C=O) groups is 2. The van der Waals surface area contributed by atoms with Gasteiger partial charge in [0.2, 0.25) is 0 Å². The van der Waals surface area contributed by atoms with E-state index >= 15 is 0 Å². The Balaban J connectivity index is 1.43. The van der Waals surface area contributed by atoms with Crippen molar-refractivity contribution in [2.75, 3.05) is 0 Å². The molecule has 1 amide bonds. The predicted molar refractivity (Wildman–Crippen MR) is 118 cm³/mol. The molecule has 10 heteroatoms. The summed E-state index contributed by atoms with van der Waals surface area (Å²) >= 11 is 1.38. The third-order valence-electron chi connectivity index (χ3n) is 5.02. The number of carbonyl (C=O) groups excluding carboxylic acids is 2. The molecule has 32 heavy (non-hydrogen) atoms. The molecule has 0 radical (unpaired) electrons. The largest absolute Gasteiger partial charge is 0.510 e. The lowest BCUT2D eigenvalue weighted by Gasteiger charge is -2.41. The van der Waals surface area contributed by atoms with Crippen LogP contribution in [0.4, 0.5) is 5.69 Å². The number of benzene rings is 2. The number of nitrogens with zero attached hydrogens (tertiary/aromatic N) is 3. The van der Waals surface area contributed by atoms with E-state index in [1.165, 1.54) is 41.8 Å². The molecule has 0 aromatic heterocycles. The van der Waals surface area contributed by atoms with Crippen molar-refractivity contribution >= 4 is 34.4 Å². The van der Waals surface area contributed by atoms with Crippen molar-refractivity contribution in [1.82, 2.24) is 4.90 Å². The Labute approximate surface area is 187 Å². The second-order valence-corrected chi connectivity index (χ2v) is 8.47. The summed E-state index contributed by atoms with van der Waals surface area (Å²) in [5.74, 6) is -1.63. The minimum absolute atomic E-state index is 0.126. The van der Waals surface area contributed by atoms with Gasteiger partial charge in [-0.3, -0.25) is 24.8 Å². The Kier molecular flexibility index (Phi) is 5.95. The van der Waals surface area contributed by atoms with Gasteiger partial charge >= 0.3 is 5.97 Å². The molecule has 164 valence electrons. The summed E-state index contributed by atoms with van der Waals surface area (Å²) in [6, 6.07) is 14.8. The van der Waals surface area contributed by atoms with Crippen LogP contribution in [0, 0.1) is 10.1 Å². The Morgan fingerprint density at radius 1 is 1.22 bits per heavy atom. The number of esters is 1. The molecule has 2 aliphatic heterocycles. The van der Waals surface area contributed by atoms with Gasteiger partial charge in [-0.05, 0) is 18.1 Å². The van der Waals surface area contributed by atoms with Gasteiger partial charge in [0, 0.05) is 18.6 Å². The summed E-state index contributed by atoms with van der Waals surface area (Å²) in [4.78, 5) is 41.4. The average Bonchev–Trinajstić information content (AvgIpc) is 3.15. The third-order valence-corrected chi connectivity index (χ3v) is 6.25. The van der Waals surface area contributed by atoms with Crippen LogP contribution >= 0.6 is 11.8 Å². The van der Waals surface area contributed by atoms with Crippen LogP contribution in [0.3, 0.4) is 0 Å². The number of aliphatic hydroxyl groups is 1. The van der Waals surface area contributed by atoms with Gasteiger partial charge in [-0.25, -0.2) is 4.79 Å². The second kappa shape index (κ2) is 8.83. The SMILES string of the molecule is C/C(O)=C(/C(=O)OCc1cccc([N+](=O)[O-])c1)N1C(=O)C2N=C(Cc3ccccc3)SC21. The van der Waals surface area contributed by atoms with Gasteiger partial charge in [0.05, 0.1) is 9.97 Å². The molecule has 1 N–H and O–H groups in total. The number of hydrogen-bond donors (Lipinski definition) is 1. The number of β-lactam (4-membered cyclic amide) rings is 1. The van der Waals surface area contributed by atoms with Gasteiger partial charge in [-0.15, -0.1) is 0 Å². The molecule has 1 saturated heterocycles. The van der Waals surface area contributed by atoms with Crippen LogP contribution in [0.1, 0.15) is 18.1 Å². The highest BCUT2D eigenvalue weighted by Gasteiger charge is 2.55. The molecule has 0 spiro atoms. The first-order chi connectivity index (χ1) is 15.3. The highest BCUT2D eigenvalue weighted by Crippen LogP contribution is 2.42. The van der Waals surface area contributed by atoms with Crippen LogP contribution in [-0.2, 0) is 27.4 Å². The molecule has 0 bridgehead atoms. The lowest BCUT2D eigenvalue weighted by Crippen LogP contribution is -2.61. The molecule has 2 heterocycles. The fraction of sp³-hybridized carbons (Fsp3) is 0.227. The number of thioether (sulfide) groups is 1. The van der Waals surface area contributed by atoms with Gasteiger partial charge in [-0.2, -0.15) is 0 Å². The van der Waals surface area contributed by atoms with Crippen LogP contribution in [-0.4, -0.2) is 43.3 Å². The van der Waals surface area contributed by atoms with Crippen LogP contribution in [0.2, 0.25) is 0 Å². The van der Waals surface area contributed by atoms with E-state index in [0.29, 0.717) is 12.0 Å². The van der Waals surface area contributed by atoms with E-state index in [0.717, 1.165) is 10.6 Å². The zero-order valence-electron chi connectivity index (χ0n) is 17.0. The topological polar surface area (TPSA) is 122 Å². The van der Waals surface area contributed by atoms with Gasteiger partial charge in [0.1, 0.15) is 17.7 Å². The quantitative estimate of drug-likeness (QED) is 0.170. The minimum atomic E-state index is -0.889. The van der Waals surface area contributed by atoms with Crippen molar-refractivity contribution < 1.29 is 24.4 Å². The molecule has 2 aromatic rings. The molecular weight excluding hydrogens is 434 g/mol. The van der Waals surface area contributed by atoms with Crippen LogP contribution in [0.25, 0.3) is 0 Å². The van der Waals surface area contributed by atoms with E-state index in [1.807, 2.05) is 30.3 Å². The number of non-ortho nitro benzene ring substituents is 1. The number of allylic oxidation sites excluding steroid dienone is 1. The van der Waals surface area contributed by atoms with E-state index in [1.54, 1.807) is 6.07 Å².